The fourth-order valence-corrected chi connectivity index (χ4v) is 2.84. The van der Waals surface area contributed by atoms with Crippen molar-refractivity contribution < 1.29 is 4.79 Å². The van der Waals surface area contributed by atoms with Crippen molar-refractivity contribution in [2.75, 3.05) is 11.1 Å². The number of carbonyl (C=O) groups is 1. The van der Waals surface area contributed by atoms with Crippen LogP contribution in [0.15, 0.2) is 47.6 Å². The van der Waals surface area contributed by atoms with Gasteiger partial charge in [0.25, 0.3) is 0 Å². The van der Waals surface area contributed by atoms with Crippen LogP contribution in [0.1, 0.15) is 5.56 Å². The van der Waals surface area contributed by atoms with E-state index in [1.54, 1.807) is 24.3 Å². The average Bonchev–Trinajstić information content (AvgIpc) is 2.89. The van der Waals surface area contributed by atoms with Gasteiger partial charge in [0.05, 0.1) is 16.8 Å². The zero-order valence-corrected chi connectivity index (χ0v) is 13.5. The molecule has 3 rings (SSSR count). The molecule has 0 radical (unpaired) electrons. The first kappa shape index (κ1) is 14.9. The lowest BCUT2D eigenvalue weighted by atomic mass is 10.2. The van der Waals surface area contributed by atoms with E-state index in [1.807, 2.05) is 25.1 Å². The molecular formula is C16H14ClN3OS. The van der Waals surface area contributed by atoms with E-state index in [0.717, 1.165) is 21.9 Å². The van der Waals surface area contributed by atoms with Crippen molar-refractivity contribution in [3.8, 4) is 0 Å². The van der Waals surface area contributed by atoms with Gasteiger partial charge in [-0.05, 0) is 48.9 Å². The molecule has 1 amide bonds. The van der Waals surface area contributed by atoms with Crippen molar-refractivity contribution >= 4 is 46.0 Å². The molecule has 0 aliphatic heterocycles. The van der Waals surface area contributed by atoms with E-state index in [0.29, 0.717) is 10.8 Å². The highest BCUT2D eigenvalue weighted by Gasteiger charge is 2.07. The second-order valence-electron chi connectivity index (χ2n) is 4.91. The molecule has 0 bridgehead atoms. The van der Waals surface area contributed by atoms with Gasteiger partial charge < -0.3 is 10.3 Å². The monoisotopic (exact) mass is 331 g/mol. The van der Waals surface area contributed by atoms with Crippen LogP contribution < -0.4 is 5.32 Å². The van der Waals surface area contributed by atoms with Crippen molar-refractivity contribution in [2.24, 2.45) is 0 Å². The van der Waals surface area contributed by atoms with Gasteiger partial charge in [-0.3, -0.25) is 4.79 Å². The largest absolute Gasteiger partial charge is 0.333 e. The van der Waals surface area contributed by atoms with Crippen LogP contribution in [-0.2, 0) is 4.79 Å². The minimum Gasteiger partial charge on any atom is -0.333 e. The third-order valence-electron chi connectivity index (χ3n) is 3.08. The van der Waals surface area contributed by atoms with Crippen LogP contribution in [0.4, 0.5) is 5.69 Å². The number of aromatic amines is 1. The summed E-state index contributed by atoms with van der Waals surface area (Å²) in [5, 5.41) is 4.21. The summed E-state index contributed by atoms with van der Waals surface area (Å²) in [7, 11) is 0. The molecule has 1 heterocycles. The standard InChI is InChI=1S/C16H14ClN3OS/c1-10-2-7-13-14(8-10)20-16(19-13)22-9-15(21)18-12-5-3-11(17)4-6-12/h2-8H,9H2,1H3,(H,18,21)(H,19,20). The molecule has 0 unspecified atom stereocenters. The average molecular weight is 332 g/mol. The zero-order valence-electron chi connectivity index (χ0n) is 11.9. The number of benzene rings is 2. The number of nitrogens with one attached hydrogen (secondary N) is 2. The third kappa shape index (κ3) is 3.61. The fraction of sp³-hybridized carbons (Fsp3) is 0.125. The predicted molar refractivity (Wildman–Crippen MR) is 91.6 cm³/mol. The normalized spacial score (nSPS) is 10.8. The first-order valence-corrected chi connectivity index (χ1v) is 8.11. The van der Waals surface area contributed by atoms with Gasteiger partial charge in [0.15, 0.2) is 5.16 Å². The Kier molecular flexibility index (Phi) is 4.36. The molecule has 0 fully saturated rings. The lowest BCUT2D eigenvalue weighted by Gasteiger charge is -2.04. The first-order valence-electron chi connectivity index (χ1n) is 6.75. The number of aromatic nitrogens is 2. The fourth-order valence-electron chi connectivity index (χ4n) is 2.03. The van der Waals surface area contributed by atoms with Gasteiger partial charge in [0, 0.05) is 10.7 Å². The highest BCUT2D eigenvalue weighted by molar-refractivity contribution is 7.99. The summed E-state index contributed by atoms with van der Waals surface area (Å²) in [4.78, 5) is 19.6. The number of hydrogen-bond acceptors (Lipinski definition) is 3. The smallest absolute Gasteiger partial charge is 0.234 e. The topological polar surface area (TPSA) is 57.8 Å². The molecule has 2 N–H and O–H groups in total. The number of nitrogens with zero attached hydrogens (tertiary/aromatic N) is 1. The maximum Gasteiger partial charge on any atom is 0.234 e. The molecular weight excluding hydrogens is 318 g/mol. The van der Waals surface area contributed by atoms with Gasteiger partial charge in [-0.2, -0.15) is 0 Å². The van der Waals surface area contributed by atoms with Gasteiger partial charge in [-0.25, -0.2) is 4.98 Å². The van der Waals surface area contributed by atoms with Gasteiger partial charge in [-0.1, -0.05) is 29.4 Å². The number of halogens is 1. The van der Waals surface area contributed by atoms with E-state index in [1.165, 1.54) is 17.3 Å². The zero-order chi connectivity index (χ0) is 15.5. The van der Waals surface area contributed by atoms with Gasteiger partial charge in [0.1, 0.15) is 0 Å². The van der Waals surface area contributed by atoms with Crippen molar-refractivity contribution in [3.05, 3.63) is 53.1 Å². The molecule has 3 aromatic rings. The van der Waals surface area contributed by atoms with Crippen molar-refractivity contribution in [1.29, 1.82) is 0 Å². The summed E-state index contributed by atoms with van der Waals surface area (Å²) in [5.74, 6) is 0.213. The summed E-state index contributed by atoms with van der Waals surface area (Å²) < 4.78 is 0. The van der Waals surface area contributed by atoms with E-state index in [2.05, 4.69) is 15.3 Å². The summed E-state index contributed by atoms with van der Waals surface area (Å²) in [6, 6.07) is 13.1. The molecule has 1 aromatic heterocycles. The number of amides is 1. The van der Waals surface area contributed by atoms with Crippen LogP contribution in [0.5, 0.6) is 0 Å². The lowest BCUT2D eigenvalue weighted by molar-refractivity contribution is -0.113. The summed E-state index contributed by atoms with van der Waals surface area (Å²) in [5.41, 5.74) is 3.80. The van der Waals surface area contributed by atoms with Crippen molar-refractivity contribution in [3.63, 3.8) is 0 Å². The number of imidazole rings is 1. The van der Waals surface area contributed by atoms with Crippen molar-refractivity contribution in [2.45, 2.75) is 12.1 Å². The van der Waals surface area contributed by atoms with Crippen LogP contribution in [-0.4, -0.2) is 21.6 Å². The Morgan fingerprint density at radius 2 is 2.05 bits per heavy atom. The lowest BCUT2D eigenvalue weighted by Crippen LogP contribution is -2.13. The second kappa shape index (κ2) is 6.42. The maximum atomic E-state index is 11.9. The highest BCUT2D eigenvalue weighted by atomic mass is 35.5. The molecule has 6 heteroatoms. The van der Waals surface area contributed by atoms with Crippen LogP contribution in [0.3, 0.4) is 0 Å². The number of hydrogen-bond donors (Lipinski definition) is 2. The Morgan fingerprint density at radius 3 is 2.82 bits per heavy atom. The SMILES string of the molecule is Cc1ccc2nc(SCC(=O)Nc3ccc(Cl)cc3)[nH]c2c1. The Labute approximate surface area is 137 Å². The molecule has 4 nitrogen and oxygen atoms in total. The molecule has 0 aliphatic carbocycles. The quantitative estimate of drug-likeness (QED) is 0.702. The summed E-state index contributed by atoms with van der Waals surface area (Å²) in [6.45, 7) is 2.03. The van der Waals surface area contributed by atoms with Crippen LogP contribution in [0.2, 0.25) is 5.02 Å². The molecule has 0 saturated heterocycles. The number of thioether (sulfide) groups is 1. The van der Waals surface area contributed by atoms with Crippen LogP contribution in [0, 0.1) is 6.92 Å². The number of aryl methyl sites for hydroxylation is 1. The Balaban J connectivity index is 1.61. The van der Waals surface area contributed by atoms with E-state index in [9.17, 15) is 4.79 Å². The van der Waals surface area contributed by atoms with E-state index in [-0.39, 0.29) is 5.91 Å². The summed E-state index contributed by atoms with van der Waals surface area (Å²) >= 11 is 7.19. The number of H-pyrrole nitrogens is 1. The molecule has 112 valence electrons. The summed E-state index contributed by atoms with van der Waals surface area (Å²) in [6.07, 6.45) is 0. The molecule has 22 heavy (non-hydrogen) atoms. The van der Waals surface area contributed by atoms with Crippen LogP contribution in [0.25, 0.3) is 11.0 Å². The van der Waals surface area contributed by atoms with Gasteiger partial charge in [-0.15, -0.1) is 0 Å². The number of rotatable bonds is 4. The van der Waals surface area contributed by atoms with Gasteiger partial charge >= 0.3 is 0 Å². The Bertz CT molecular complexity index is 814. The minimum absolute atomic E-state index is 0.0797. The Morgan fingerprint density at radius 1 is 1.27 bits per heavy atom. The predicted octanol–water partition coefficient (Wildman–Crippen LogP) is 4.26. The Hall–Kier alpha value is -1.98. The second-order valence-corrected chi connectivity index (χ2v) is 6.31. The molecule has 0 spiro atoms. The van der Waals surface area contributed by atoms with E-state index < -0.39 is 0 Å². The number of carbonyl (C=O) groups excluding carboxylic acids is 1. The maximum absolute atomic E-state index is 11.9. The molecule has 2 aromatic carbocycles. The van der Waals surface area contributed by atoms with Crippen LogP contribution >= 0.6 is 23.4 Å². The first-order chi connectivity index (χ1) is 10.6. The molecule has 0 atom stereocenters. The number of anilines is 1. The third-order valence-corrected chi connectivity index (χ3v) is 4.21. The highest BCUT2D eigenvalue weighted by Crippen LogP contribution is 2.21. The van der Waals surface area contributed by atoms with E-state index in [4.69, 9.17) is 11.6 Å². The van der Waals surface area contributed by atoms with Crippen molar-refractivity contribution in [1.82, 2.24) is 9.97 Å². The van der Waals surface area contributed by atoms with E-state index >= 15 is 0 Å². The minimum atomic E-state index is -0.0797. The molecule has 0 aliphatic rings. The van der Waals surface area contributed by atoms with Gasteiger partial charge in [0.2, 0.25) is 5.91 Å². The number of fused-ring (bicyclic) bond motifs is 1. The molecule has 0 saturated carbocycles.